The minimum atomic E-state index is -0.287. The monoisotopic (exact) mass is 250 g/mol. The number of carbonyl (C=O) groups excluding carboxylic acids is 1. The van der Waals surface area contributed by atoms with E-state index < -0.39 is 0 Å². The van der Waals surface area contributed by atoms with Crippen molar-refractivity contribution in [2.45, 2.75) is 13.0 Å². The Kier molecular flexibility index (Phi) is 4.69. The molecule has 98 valence electrons. The highest BCUT2D eigenvalue weighted by Gasteiger charge is 2.15. The van der Waals surface area contributed by atoms with Gasteiger partial charge in [0.25, 0.3) is 5.91 Å². The number of nitrogens with two attached hydrogens (primary N) is 1. The third-order valence-electron chi connectivity index (χ3n) is 2.99. The molecule has 0 saturated carbocycles. The van der Waals surface area contributed by atoms with E-state index in [4.69, 9.17) is 15.3 Å². The third-order valence-corrected chi connectivity index (χ3v) is 2.99. The van der Waals surface area contributed by atoms with Crippen molar-refractivity contribution >= 4 is 5.91 Å². The Morgan fingerprint density at radius 3 is 2.83 bits per heavy atom. The van der Waals surface area contributed by atoms with Gasteiger partial charge >= 0.3 is 0 Å². The number of carbonyl (C=O) groups is 1. The van der Waals surface area contributed by atoms with Crippen molar-refractivity contribution in [2.75, 3.05) is 19.8 Å². The number of nitrogen functional groups attached to an aromatic ring is 1. The number of nitrogens with one attached hydrogen (secondary N) is 1. The lowest BCUT2D eigenvalue weighted by atomic mass is 10.1. The zero-order valence-corrected chi connectivity index (χ0v) is 10.2. The van der Waals surface area contributed by atoms with Crippen LogP contribution in [0.1, 0.15) is 22.3 Å². The summed E-state index contributed by atoms with van der Waals surface area (Å²) in [5.74, 6) is 5.29. The SMILES string of the molecule is NNC(=O)c1ccc(COCC2CCOC2)cc1. The molecule has 3 N–H and O–H groups in total. The van der Waals surface area contributed by atoms with Gasteiger partial charge in [-0.15, -0.1) is 0 Å². The van der Waals surface area contributed by atoms with Gasteiger partial charge in [-0.2, -0.15) is 0 Å². The first-order valence-electron chi connectivity index (χ1n) is 6.05. The second-order valence-electron chi connectivity index (χ2n) is 4.42. The largest absolute Gasteiger partial charge is 0.381 e. The maximum absolute atomic E-state index is 11.2. The summed E-state index contributed by atoms with van der Waals surface area (Å²) in [6, 6.07) is 7.21. The van der Waals surface area contributed by atoms with Crippen molar-refractivity contribution < 1.29 is 14.3 Å². The molecule has 1 aliphatic heterocycles. The number of benzene rings is 1. The van der Waals surface area contributed by atoms with Crippen molar-refractivity contribution in [1.82, 2.24) is 5.43 Å². The molecule has 1 atom stereocenters. The van der Waals surface area contributed by atoms with E-state index in [1.807, 2.05) is 12.1 Å². The molecule has 1 aromatic carbocycles. The number of hydrogen-bond acceptors (Lipinski definition) is 4. The first-order chi connectivity index (χ1) is 8.79. The van der Waals surface area contributed by atoms with Gasteiger partial charge in [-0.05, 0) is 24.1 Å². The molecular weight excluding hydrogens is 232 g/mol. The summed E-state index contributed by atoms with van der Waals surface area (Å²) in [5.41, 5.74) is 3.69. The van der Waals surface area contributed by atoms with Crippen molar-refractivity contribution in [3.63, 3.8) is 0 Å². The maximum atomic E-state index is 11.2. The predicted molar refractivity (Wildman–Crippen MR) is 66.7 cm³/mol. The smallest absolute Gasteiger partial charge is 0.265 e. The highest BCUT2D eigenvalue weighted by molar-refractivity contribution is 5.93. The molecule has 5 nitrogen and oxygen atoms in total. The number of rotatable bonds is 5. The van der Waals surface area contributed by atoms with E-state index in [2.05, 4.69) is 5.43 Å². The highest BCUT2D eigenvalue weighted by Crippen LogP contribution is 2.13. The Hall–Kier alpha value is -1.43. The fourth-order valence-corrected chi connectivity index (χ4v) is 1.89. The van der Waals surface area contributed by atoms with Crippen LogP contribution in [-0.2, 0) is 16.1 Å². The average molecular weight is 250 g/mol. The Bertz CT molecular complexity index is 386. The predicted octanol–water partition coefficient (Wildman–Crippen LogP) is 0.843. The van der Waals surface area contributed by atoms with Crippen molar-refractivity contribution in [2.24, 2.45) is 11.8 Å². The normalized spacial score (nSPS) is 18.8. The molecule has 2 rings (SSSR count). The van der Waals surface area contributed by atoms with Gasteiger partial charge in [0.05, 0.1) is 19.8 Å². The van der Waals surface area contributed by atoms with Crippen LogP contribution in [0.5, 0.6) is 0 Å². The second-order valence-corrected chi connectivity index (χ2v) is 4.42. The molecule has 1 amide bonds. The van der Waals surface area contributed by atoms with Gasteiger partial charge in [-0.1, -0.05) is 12.1 Å². The van der Waals surface area contributed by atoms with Crippen LogP contribution in [0.4, 0.5) is 0 Å². The van der Waals surface area contributed by atoms with Crippen LogP contribution >= 0.6 is 0 Å². The van der Waals surface area contributed by atoms with Gasteiger partial charge in [-0.25, -0.2) is 5.84 Å². The van der Waals surface area contributed by atoms with Crippen LogP contribution < -0.4 is 11.3 Å². The molecule has 0 aromatic heterocycles. The van der Waals surface area contributed by atoms with E-state index in [1.54, 1.807) is 12.1 Å². The molecule has 1 unspecified atom stereocenters. The minimum absolute atomic E-state index is 0.287. The Balaban J connectivity index is 1.77. The maximum Gasteiger partial charge on any atom is 0.265 e. The van der Waals surface area contributed by atoms with Gasteiger partial charge in [0.15, 0.2) is 0 Å². The lowest BCUT2D eigenvalue weighted by Crippen LogP contribution is -2.29. The molecule has 1 heterocycles. The van der Waals surface area contributed by atoms with E-state index in [9.17, 15) is 4.79 Å². The zero-order chi connectivity index (χ0) is 12.8. The van der Waals surface area contributed by atoms with Crippen LogP contribution in [0.15, 0.2) is 24.3 Å². The summed E-state index contributed by atoms with van der Waals surface area (Å²) in [7, 11) is 0. The molecule has 0 aliphatic carbocycles. The molecule has 1 aliphatic rings. The van der Waals surface area contributed by atoms with E-state index in [-0.39, 0.29) is 5.91 Å². The van der Waals surface area contributed by atoms with Gasteiger partial charge in [-0.3, -0.25) is 10.2 Å². The minimum Gasteiger partial charge on any atom is -0.381 e. The summed E-state index contributed by atoms with van der Waals surface area (Å²) < 4.78 is 10.9. The van der Waals surface area contributed by atoms with Crippen LogP contribution in [0.2, 0.25) is 0 Å². The molecule has 18 heavy (non-hydrogen) atoms. The Morgan fingerprint density at radius 2 is 2.22 bits per heavy atom. The Labute approximate surface area is 106 Å². The van der Waals surface area contributed by atoms with Gasteiger partial charge in [0.2, 0.25) is 0 Å². The van der Waals surface area contributed by atoms with E-state index in [1.165, 1.54) is 0 Å². The van der Waals surface area contributed by atoms with Crippen molar-refractivity contribution in [3.8, 4) is 0 Å². The quantitative estimate of drug-likeness (QED) is 0.461. The summed E-state index contributed by atoms with van der Waals surface area (Å²) >= 11 is 0. The van der Waals surface area contributed by atoms with E-state index in [0.29, 0.717) is 18.1 Å². The fourth-order valence-electron chi connectivity index (χ4n) is 1.89. The van der Waals surface area contributed by atoms with E-state index >= 15 is 0 Å². The van der Waals surface area contributed by atoms with Crippen molar-refractivity contribution in [1.29, 1.82) is 0 Å². The molecule has 1 saturated heterocycles. The number of ether oxygens (including phenoxy) is 2. The highest BCUT2D eigenvalue weighted by atomic mass is 16.5. The number of amides is 1. The molecule has 1 fully saturated rings. The number of hydrogen-bond donors (Lipinski definition) is 2. The van der Waals surface area contributed by atoms with Gasteiger partial charge < -0.3 is 9.47 Å². The van der Waals surface area contributed by atoms with Crippen LogP contribution in [0, 0.1) is 5.92 Å². The Morgan fingerprint density at radius 1 is 1.44 bits per heavy atom. The fraction of sp³-hybridized carbons (Fsp3) is 0.462. The summed E-state index contributed by atoms with van der Waals surface area (Å²) in [6.07, 6.45) is 1.08. The number of hydrazine groups is 1. The van der Waals surface area contributed by atoms with Gasteiger partial charge in [0, 0.05) is 18.1 Å². The van der Waals surface area contributed by atoms with Crippen molar-refractivity contribution in [3.05, 3.63) is 35.4 Å². The molecule has 0 radical (unpaired) electrons. The molecular formula is C13H18N2O3. The van der Waals surface area contributed by atoms with Gasteiger partial charge in [0.1, 0.15) is 0 Å². The summed E-state index contributed by atoms with van der Waals surface area (Å²) in [4.78, 5) is 11.2. The van der Waals surface area contributed by atoms with Crippen LogP contribution in [0.3, 0.4) is 0 Å². The topological polar surface area (TPSA) is 73.6 Å². The van der Waals surface area contributed by atoms with E-state index in [0.717, 1.165) is 31.8 Å². The molecule has 1 aromatic rings. The molecule has 0 spiro atoms. The average Bonchev–Trinajstić information content (AvgIpc) is 2.92. The van der Waals surface area contributed by atoms with Crippen LogP contribution in [0.25, 0.3) is 0 Å². The molecule has 0 bridgehead atoms. The van der Waals surface area contributed by atoms with Crippen LogP contribution in [-0.4, -0.2) is 25.7 Å². The first-order valence-corrected chi connectivity index (χ1v) is 6.05. The summed E-state index contributed by atoms with van der Waals surface area (Å²) in [5, 5.41) is 0. The second kappa shape index (κ2) is 6.49. The zero-order valence-electron chi connectivity index (χ0n) is 10.2. The first kappa shape index (κ1) is 13.0. The molecule has 5 heteroatoms. The third kappa shape index (κ3) is 3.53. The lowest BCUT2D eigenvalue weighted by Gasteiger charge is -2.09. The standard InChI is InChI=1S/C13H18N2O3/c14-15-13(16)12-3-1-10(2-4-12)7-18-9-11-5-6-17-8-11/h1-4,11H,5-9,14H2,(H,15,16). The lowest BCUT2D eigenvalue weighted by molar-refractivity contribution is 0.0791. The summed E-state index contributed by atoms with van der Waals surface area (Å²) in [6.45, 7) is 2.93.